The minimum atomic E-state index is -0.339. The number of aliphatic hydroxyl groups is 1. The number of carbonyl (C=O) groups is 1. The fourth-order valence-electron chi connectivity index (χ4n) is 5.44. The van der Waals surface area contributed by atoms with E-state index in [1.54, 1.807) is 54.7 Å². The lowest BCUT2D eigenvalue weighted by molar-refractivity contribution is -0.118. The Kier molecular flexibility index (Phi) is 7.20. The number of aromatic nitrogens is 3. The van der Waals surface area contributed by atoms with Crippen LogP contribution < -0.4 is 21.5 Å². The average Bonchev–Trinajstić information content (AvgIpc) is 2.90. The smallest absolute Gasteiger partial charge is 0.275 e. The molecule has 1 saturated heterocycles. The summed E-state index contributed by atoms with van der Waals surface area (Å²) in [6.07, 6.45) is 6.99. The highest BCUT2D eigenvalue weighted by molar-refractivity contribution is 6.06. The van der Waals surface area contributed by atoms with E-state index in [1.807, 2.05) is 6.08 Å². The van der Waals surface area contributed by atoms with E-state index in [4.69, 9.17) is 5.73 Å². The van der Waals surface area contributed by atoms with Crippen molar-refractivity contribution in [2.75, 3.05) is 35.6 Å². The van der Waals surface area contributed by atoms with E-state index >= 15 is 0 Å². The average molecular weight is 542 g/mol. The highest BCUT2D eigenvalue weighted by atomic mass is 16.3. The quantitative estimate of drug-likeness (QED) is 0.447. The van der Waals surface area contributed by atoms with Crippen molar-refractivity contribution in [2.45, 2.75) is 33.3 Å². The first kappa shape index (κ1) is 27.1. The number of nitrogens with one attached hydrogen (secondary N) is 1. The molecule has 1 amide bonds. The summed E-state index contributed by atoms with van der Waals surface area (Å²) in [4.78, 5) is 39.3. The van der Waals surface area contributed by atoms with E-state index in [0.717, 1.165) is 25.0 Å². The zero-order chi connectivity index (χ0) is 28.6. The molecule has 2 aliphatic heterocycles. The molecule has 0 aromatic carbocycles. The van der Waals surface area contributed by atoms with Gasteiger partial charge in [0.2, 0.25) is 0 Å². The summed E-state index contributed by atoms with van der Waals surface area (Å²) < 4.78 is 1.46. The Morgan fingerprint density at radius 3 is 2.73 bits per heavy atom. The summed E-state index contributed by atoms with van der Waals surface area (Å²) in [5, 5.41) is 13.6. The van der Waals surface area contributed by atoms with Crippen molar-refractivity contribution in [1.82, 2.24) is 19.4 Å². The minimum absolute atomic E-state index is 0.117. The standard InChI is InChI=1S/C30H35N7O3/c1-19-14-24-29(40)37(13-12-36(24)11-9-30(2,3)16-19)27-22(18-38)21(8-10-32-27)20-15-23(28(39)35(4)17-20)33-26-7-5-6-25(31)34-26/h5-8,10,14-15,17,38H,1,9,11-13,16,18H2,2-4H3,(H3,31,33,34)/b24-14-. The van der Waals surface area contributed by atoms with Crippen LogP contribution in [0.3, 0.4) is 0 Å². The summed E-state index contributed by atoms with van der Waals surface area (Å²) in [6.45, 7) is 10.2. The third-order valence-electron chi connectivity index (χ3n) is 7.48. The second-order valence-electron chi connectivity index (χ2n) is 11.2. The summed E-state index contributed by atoms with van der Waals surface area (Å²) in [5.74, 6) is 1.00. The number of hydrogen-bond acceptors (Lipinski definition) is 8. The molecular weight excluding hydrogens is 506 g/mol. The maximum Gasteiger partial charge on any atom is 0.275 e. The van der Waals surface area contributed by atoms with Gasteiger partial charge in [0.25, 0.3) is 11.5 Å². The SMILES string of the molecule is C=C1/C=C2/C(=O)N(c3nccc(-c4cc(Nc5cccc(N)n5)c(=O)n(C)c4)c3CO)CCN2CCC(C)(C)C1. The third-order valence-corrected chi connectivity index (χ3v) is 7.48. The molecule has 0 bridgehead atoms. The molecule has 4 N–H and O–H groups in total. The van der Waals surface area contributed by atoms with Crippen molar-refractivity contribution in [3.63, 3.8) is 0 Å². The third kappa shape index (κ3) is 5.35. The molecule has 10 nitrogen and oxygen atoms in total. The molecule has 0 spiro atoms. The predicted molar refractivity (Wildman–Crippen MR) is 157 cm³/mol. The second-order valence-corrected chi connectivity index (χ2v) is 11.2. The van der Waals surface area contributed by atoms with Gasteiger partial charge in [-0.1, -0.05) is 32.1 Å². The Morgan fingerprint density at radius 2 is 1.98 bits per heavy atom. The van der Waals surface area contributed by atoms with Gasteiger partial charge < -0.3 is 25.6 Å². The number of nitrogen functional groups attached to an aromatic ring is 1. The fourth-order valence-corrected chi connectivity index (χ4v) is 5.44. The van der Waals surface area contributed by atoms with E-state index in [-0.39, 0.29) is 23.5 Å². The summed E-state index contributed by atoms with van der Waals surface area (Å²) in [7, 11) is 1.66. The van der Waals surface area contributed by atoms with Gasteiger partial charge in [-0.25, -0.2) is 9.97 Å². The van der Waals surface area contributed by atoms with Crippen molar-refractivity contribution < 1.29 is 9.90 Å². The minimum Gasteiger partial charge on any atom is -0.392 e. The van der Waals surface area contributed by atoms with Gasteiger partial charge in [-0.2, -0.15) is 0 Å². The number of carbonyl (C=O) groups excluding carboxylic acids is 1. The number of nitrogens with two attached hydrogens (primary N) is 1. The van der Waals surface area contributed by atoms with Gasteiger partial charge in [0.1, 0.15) is 28.8 Å². The number of allylic oxidation sites excluding steroid dienone is 2. The Labute approximate surface area is 233 Å². The van der Waals surface area contributed by atoms with E-state index < -0.39 is 0 Å². The molecule has 0 radical (unpaired) electrons. The van der Waals surface area contributed by atoms with Crippen LogP contribution in [0.2, 0.25) is 0 Å². The molecule has 0 aliphatic carbocycles. The molecule has 10 heteroatoms. The molecule has 208 valence electrons. The van der Waals surface area contributed by atoms with Gasteiger partial charge in [-0.3, -0.25) is 14.5 Å². The van der Waals surface area contributed by atoms with Crippen molar-refractivity contribution in [2.24, 2.45) is 12.5 Å². The molecular formula is C30H35N7O3. The number of piperazine rings is 1. The Bertz CT molecular complexity index is 1570. The van der Waals surface area contributed by atoms with Gasteiger partial charge >= 0.3 is 0 Å². The first-order chi connectivity index (χ1) is 19.1. The zero-order valence-electron chi connectivity index (χ0n) is 23.1. The van der Waals surface area contributed by atoms with Crippen molar-refractivity contribution in [1.29, 1.82) is 0 Å². The maximum absolute atomic E-state index is 13.8. The van der Waals surface area contributed by atoms with Crippen LogP contribution in [-0.4, -0.2) is 50.1 Å². The number of rotatable bonds is 5. The van der Waals surface area contributed by atoms with Crippen LogP contribution in [0.4, 0.5) is 23.1 Å². The maximum atomic E-state index is 13.8. The van der Waals surface area contributed by atoms with Gasteiger partial charge in [0, 0.05) is 50.2 Å². The van der Waals surface area contributed by atoms with Crippen molar-refractivity contribution in [3.05, 3.63) is 82.6 Å². The first-order valence-corrected chi connectivity index (χ1v) is 13.3. The Hall–Kier alpha value is -4.44. The summed E-state index contributed by atoms with van der Waals surface area (Å²) in [5.41, 5.74) is 9.33. The monoisotopic (exact) mass is 541 g/mol. The highest BCUT2D eigenvalue weighted by Crippen LogP contribution is 2.36. The lowest BCUT2D eigenvalue weighted by Crippen LogP contribution is -2.50. The van der Waals surface area contributed by atoms with E-state index in [0.29, 0.717) is 58.6 Å². The number of pyridine rings is 3. The lowest BCUT2D eigenvalue weighted by Gasteiger charge is -2.41. The van der Waals surface area contributed by atoms with Gasteiger partial charge in [-0.05, 0) is 54.2 Å². The van der Waals surface area contributed by atoms with Crippen LogP contribution in [0.15, 0.2) is 71.4 Å². The number of hydrogen-bond donors (Lipinski definition) is 3. The van der Waals surface area contributed by atoms with Crippen LogP contribution >= 0.6 is 0 Å². The van der Waals surface area contributed by atoms with E-state index in [2.05, 4.69) is 40.6 Å². The van der Waals surface area contributed by atoms with Crippen LogP contribution in [-0.2, 0) is 18.4 Å². The van der Waals surface area contributed by atoms with E-state index in [9.17, 15) is 14.7 Å². The Morgan fingerprint density at radius 1 is 1.18 bits per heavy atom. The first-order valence-electron chi connectivity index (χ1n) is 13.3. The molecule has 0 unspecified atom stereocenters. The number of anilines is 4. The molecule has 2 aliphatic rings. The molecule has 5 heterocycles. The summed E-state index contributed by atoms with van der Waals surface area (Å²) in [6, 6.07) is 8.61. The zero-order valence-corrected chi connectivity index (χ0v) is 23.1. The van der Waals surface area contributed by atoms with Gasteiger partial charge in [0.05, 0.1) is 6.61 Å². The number of amides is 1. The molecule has 1 fully saturated rings. The molecule has 5 rings (SSSR count). The molecule has 0 saturated carbocycles. The summed E-state index contributed by atoms with van der Waals surface area (Å²) >= 11 is 0. The molecule has 3 aromatic heterocycles. The second kappa shape index (κ2) is 10.6. The molecule has 0 atom stereocenters. The van der Waals surface area contributed by atoms with Crippen LogP contribution in [0, 0.1) is 5.41 Å². The van der Waals surface area contributed by atoms with Crippen LogP contribution in [0.1, 0.15) is 32.3 Å². The van der Waals surface area contributed by atoms with Gasteiger partial charge in [-0.15, -0.1) is 0 Å². The largest absolute Gasteiger partial charge is 0.392 e. The van der Waals surface area contributed by atoms with Crippen LogP contribution in [0.25, 0.3) is 11.1 Å². The van der Waals surface area contributed by atoms with E-state index in [1.165, 1.54) is 4.57 Å². The lowest BCUT2D eigenvalue weighted by atomic mass is 9.81. The number of aryl methyl sites for hydroxylation is 1. The number of aliphatic hydroxyl groups excluding tert-OH is 1. The predicted octanol–water partition coefficient (Wildman–Crippen LogP) is 3.57. The van der Waals surface area contributed by atoms with Crippen molar-refractivity contribution in [3.8, 4) is 11.1 Å². The number of fused-ring (bicyclic) bond motifs is 1. The van der Waals surface area contributed by atoms with Gasteiger partial charge in [0.15, 0.2) is 0 Å². The van der Waals surface area contributed by atoms with Crippen LogP contribution in [0.5, 0.6) is 0 Å². The van der Waals surface area contributed by atoms with Crippen molar-refractivity contribution >= 4 is 29.0 Å². The normalized spacial score (nSPS) is 18.4. The fraction of sp³-hybridized carbons (Fsp3) is 0.333. The molecule has 3 aromatic rings. The topological polar surface area (TPSA) is 130 Å². The number of nitrogens with zero attached hydrogens (tertiary/aromatic N) is 5. The highest BCUT2D eigenvalue weighted by Gasteiger charge is 2.35. The molecule has 40 heavy (non-hydrogen) atoms. The Balaban J connectivity index is 1.53.